The molecule has 4 nitrogen and oxygen atoms in total. The third-order valence-electron chi connectivity index (χ3n) is 3.23. The van der Waals surface area contributed by atoms with Gasteiger partial charge < -0.3 is 15.8 Å². The number of pyridine rings is 1. The van der Waals surface area contributed by atoms with E-state index >= 15 is 0 Å². The van der Waals surface area contributed by atoms with Crippen LogP contribution in [0.1, 0.15) is 0 Å². The zero-order chi connectivity index (χ0) is 14.8. The van der Waals surface area contributed by atoms with E-state index in [-0.39, 0.29) is 0 Å². The summed E-state index contributed by atoms with van der Waals surface area (Å²) in [4.78, 5) is 4.35. The Morgan fingerprint density at radius 3 is 2.81 bits per heavy atom. The van der Waals surface area contributed by atoms with E-state index in [4.69, 9.17) is 10.5 Å². The van der Waals surface area contributed by atoms with Crippen LogP contribution in [0.3, 0.4) is 0 Å². The molecule has 1 heterocycles. The number of ether oxygens (including phenoxy) is 1. The fourth-order valence-electron chi connectivity index (χ4n) is 2.20. The van der Waals surface area contributed by atoms with Gasteiger partial charge >= 0.3 is 0 Å². The normalized spacial score (nSPS) is 10.6. The maximum atomic E-state index is 6.09. The van der Waals surface area contributed by atoms with E-state index in [1.54, 1.807) is 13.3 Å². The molecule has 0 saturated carbocycles. The second-order valence-electron chi connectivity index (χ2n) is 4.58. The van der Waals surface area contributed by atoms with E-state index in [1.807, 2.05) is 42.5 Å². The number of benzene rings is 2. The molecule has 106 valence electrons. The number of hydrogen-bond acceptors (Lipinski definition) is 4. The van der Waals surface area contributed by atoms with Crippen LogP contribution in [-0.2, 0) is 0 Å². The number of nitrogens with zero attached hydrogens (tertiary/aromatic N) is 1. The highest BCUT2D eigenvalue weighted by atomic mass is 79.9. The Bertz CT molecular complexity index is 799. The number of para-hydroxylation sites is 2. The SMILES string of the molecule is COc1ccccc1Nc1c(N)cnc2ccc(Br)cc12. The van der Waals surface area contributed by atoms with Crippen LogP contribution < -0.4 is 15.8 Å². The fraction of sp³-hybridized carbons (Fsp3) is 0.0625. The van der Waals surface area contributed by atoms with Crippen LogP contribution >= 0.6 is 15.9 Å². The van der Waals surface area contributed by atoms with Gasteiger partial charge in [-0.05, 0) is 30.3 Å². The quantitative estimate of drug-likeness (QED) is 0.742. The molecule has 0 saturated heterocycles. The summed E-state index contributed by atoms with van der Waals surface area (Å²) in [6.45, 7) is 0. The molecule has 0 radical (unpaired) electrons. The summed E-state index contributed by atoms with van der Waals surface area (Å²) in [6, 6.07) is 13.6. The van der Waals surface area contributed by atoms with E-state index in [0.717, 1.165) is 32.5 Å². The highest BCUT2D eigenvalue weighted by molar-refractivity contribution is 9.10. The fourth-order valence-corrected chi connectivity index (χ4v) is 2.56. The number of nitrogen functional groups attached to an aromatic ring is 1. The van der Waals surface area contributed by atoms with Gasteiger partial charge in [-0.1, -0.05) is 28.1 Å². The Morgan fingerprint density at radius 1 is 1.19 bits per heavy atom. The van der Waals surface area contributed by atoms with E-state index in [2.05, 4.69) is 26.2 Å². The van der Waals surface area contributed by atoms with Crippen molar-refractivity contribution in [1.82, 2.24) is 4.98 Å². The van der Waals surface area contributed by atoms with Crippen molar-refractivity contribution in [2.45, 2.75) is 0 Å². The molecule has 1 aromatic heterocycles. The number of anilines is 3. The van der Waals surface area contributed by atoms with Gasteiger partial charge in [-0.2, -0.15) is 0 Å². The van der Waals surface area contributed by atoms with E-state index < -0.39 is 0 Å². The number of rotatable bonds is 3. The number of halogens is 1. The highest BCUT2D eigenvalue weighted by Crippen LogP contribution is 2.35. The van der Waals surface area contributed by atoms with Crippen molar-refractivity contribution >= 4 is 43.9 Å². The van der Waals surface area contributed by atoms with Gasteiger partial charge in [0.15, 0.2) is 0 Å². The van der Waals surface area contributed by atoms with Crippen molar-refractivity contribution in [3.05, 3.63) is 53.1 Å². The van der Waals surface area contributed by atoms with Gasteiger partial charge in [0.2, 0.25) is 0 Å². The average molecular weight is 344 g/mol. The number of aromatic nitrogens is 1. The lowest BCUT2D eigenvalue weighted by molar-refractivity contribution is 0.417. The van der Waals surface area contributed by atoms with Crippen molar-refractivity contribution in [2.75, 3.05) is 18.2 Å². The third-order valence-corrected chi connectivity index (χ3v) is 3.72. The molecule has 0 aliphatic carbocycles. The van der Waals surface area contributed by atoms with Crippen molar-refractivity contribution in [3.63, 3.8) is 0 Å². The predicted molar refractivity (Wildman–Crippen MR) is 90.1 cm³/mol. The summed E-state index contributed by atoms with van der Waals surface area (Å²) in [6.07, 6.45) is 1.66. The van der Waals surface area contributed by atoms with E-state index in [1.165, 1.54) is 0 Å². The molecule has 3 aromatic rings. The molecule has 0 spiro atoms. The van der Waals surface area contributed by atoms with Crippen molar-refractivity contribution in [1.29, 1.82) is 0 Å². The zero-order valence-corrected chi connectivity index (χ0v) is 13.0. The van der Waals surface area contributed by atoms with Crippen LogP contribution in [0.2, 0.25) is 0 Å². The third kappa shape index (κ3) is 2.64. The summed E-state index contributed by atoms with van der Waals surface area (Å²) >= 11 is 3.48. The Balaban J connectivity index is 2.15. The van der Waals surface area contributed by atoms with Crippen LogP contribution in [0.4, 0.5) is 17.1 Å². The highest BCUT2D eigenvalue weighted by Gasteiger charge is 2.10. The minimum absolute atomic E-state index is 0.589. The van der Waals surface area contributed by atoms with Gasteiger partial charge in [0.25, 0.3) is 0 Å². The molecule has 3 rings (SSSR count). The second kappa shape index (κ2) is 5.61. The molecule has 2 aromatic carbocycles. The Hall–Kier alpha value is -2.27. The summed E-state index contributed by atoms with van der Waals surface area (Å²) in [5.74, 6) is 0.761. The molecule has 0 amide bonds. The predicted octanol–water partition coefficient (Wildman–Crippen LogP) is 4.33. The van der Waals surface area contributed by atoms with Gasteiger partial charge in [0, 0.05) is 9.86 Å². The van der Waals surface area contributed by atoms with Gasteiger partial charge in [0.1, 0.15) is 5.75 Å². The first-order valence-corrected chi connectivity index (χ1v) is 7.22. The zero-order valence-electron chi connectivity index (χ0n) is 11.4. The van der Waals surface area contributed by atoms with Gasteiger partial charge in [-0.3, -0.25) is 4.98 Å². The standard InChI is InChI=1S/C16H14BrN3O/c1-21-15-5-3-2-4-14(15)20-16-11-8-10(17)6-7-13(11)19-9-12(16)18/h2-9H,18H2,1H3,(H,19,20). The molecule has 0 fully saturated rings. The molecule has 0 aliphatic heterocycles. The van der Waals surface area contributed by atoms with Crippen LogP contribution in [-0.4, -0.2) is 12.1 Å². The summed E-state index contributed by atoms with van der Waals surface area (Å²) in [7, 11) is 1.64. The molecular weight excluding hydrogens is 330 g/mol. The topological polar surface area (TPSA) is 60.2 Å². The van der Waals surface area contributed by atoms with E-state index in [9.17, 15) is 0 Å². The van der Waals surface area contributed by atoms with Crippen molar-refractivity contribution in [3.8, 4) is 5.75 Å². The maximum absolute atomic E-state index is 6.09. The molecule has 3 N–H and O–H groups in total. The Morgan fingerprint density at radius 2 is 2.00 bits per heavy atom. The molecule has 0 atom stereocenters. The lowest BCUT2D eigenvalue weighted by Gasteiger charge is -2.14. The number of nitrogens with two attached hydrogens (primary N) is 1. The van der Waals surface area contributed by atoms with Gasteiger partial charge in [-0.25, -0.2) is 0 Å². The van der Waals surface area contributed by atoms with Crippen LogP contribution in [0.15, 0.2) is 53.1 Å². The molecule has 0 bridgehead atoms. The van der Waals surface area contributed by atoms with Crippen LogP contribution in [0.25, 0.3) is 10.9 Å². The van der Waals surface area contributed by atoms with Crippen LogP contribution in [0, 0.1) is 0 Å². The molecule has 5 heteroatoms. The second-order valence-corrected chi connectivity index (χ2v) is 5.49. The summed E-state index contributed by atoms with van der Waals surface area (Å²) < 4.78 is 6.34. The maximum Gasteiger partial charge on any atom is 0.142 e. The summed E-state index contributed by atoms with van der Waals surface area (Å²) in [5.41, 5.74) is 9.25. The lowest BCUT2D eigenvalue weighted by atomic mass is 10.1. The number of nitrogens with one attached hydrogen (secondary N) is 1. The molecule has 0 unspecified atom stereocenters. The van der Waals surface area contributed by atoms with Gasteiger partial charge in [0.05, 0.1) is 35.9 Å². The minimum Gasteiger partial charge on any atom is -0.495 e. The minimum atomic E-state index is 0.589. The Kier molecular flexibility index (Phi) is 3.66. The smallest absolute Gasteiger partial charge is 0.142 e. The summed E-state index contributed by atoms with van der Waals surface area (Å²) in [5, 5.41) is 4.31. The first kappa shape index (κ1) is 13.7. The van der Waals surface area contributed by atoms with Crippen molar-refractivity contribution < 1.29 is 4.74 Å². The number of methoxy groups -OCH3 is 1. The Labute approximate surface area is 131 Å². The average Bonchev–Trinajstić information content (AvgIpc) is 2.50. The van der Waals surface area contributed by atoms with Gasteiger partial charge in [-0.15, -0.1) is 0 Å². The molecule has 21 heavy (non-hydrogen) atoms. The first-order valence-electron chi connectivity index (χ1n) is 6.43. The molecule has 0 aliphatic rings. The van der Waals surface area contributed by atoms with Crippen LogP contribution in [0.5, 0.6) is 5.75 Å². The largest absolute Gasteiger partial charge is 0.495 e. The monoisotopic (exact) mass is 343 g/mol. The lowest BCUT2D eigenvalue weighted by Crippen LogP contribution is -2.00. The number of hydrogen-bond donors (Lipinski definition) is 2. The van der Waals surface area contributed by atoms with Crippen molar-refractivity contribution in [2.24, 2.45) is 0 Å². The number of fused-ring (bicyclic) bond motifs is 1. The van der Waals surface area contributed by atoms with E-state index in [0.29, 0.717) is 5.69 Å². The first-order chi connectivity index (χ1) is 10.2. The molecular formula is C16H14BrN3O.